The zero-order valence-corrected chi connectivity index (χ0v) is 11.5. The van der Waals surface area contributed by atoms with Crippen molar-refractivity contribution in [3.63, 3.8) is 0 Å². The molecule has 0 aliphatic heterocycles. The molecule has 1 aromatic heterocycles. The summed E-state index contributed by atoms with van der Waals surface area (Å²) in [5.74, 6) is -0.725. The molecule has 5 heteroatoms. The Hall–Kier alpha value is -2.14. The third-order valence-electron chi connectivity index (χ3n) is 3.01. The number of aromatic carboxylic acids is 1. The molecule has 1 unspecified atom stereocenters. The first kappa shape index (κ1) is 14.3. The van der Waals surface area contributed by atoms with Crippen LogP contribution in [0.15, 0.2) is 30.5 Å². The lowest BCUT2D eigenvalue weighted by Gasteiger charge is -2.16. The van der Waals surface area contributed by atoms with Crippen molar-refractivity contribution in [1.29, 1.82) is 0 Å². The van der Waals surface area contributed by atoms with E-state index in [1.807, 2.05) is 13.0 Å². The fourth-order valence-corrected chi connectivity index (χ4v) is 1.99. The number of hydrogen-bond donors (Lipinski definition) is 1. The van der Waals surface area contributed by atoms with E-state index in [0.29, 0.717) is 29.7 Å². The van der Waals surface area contributed by atoms with E-state index in [9.17, 15) is 9.90 Å². The molecule has 0 spiro atoms. The van der Waals surface area contributed by atoms with Crippen molar-refractivity contribution in [2.45, 2.75) is 19.4 Å². The molecule has 106 valence electrons. The van der Waals surface area contributed by atoms with Crippen LogP contribution in [0.5, 0.6) is 5.75 Å². The molecule has 2 aromatic rings. The van der Waals surface area contributed by atoms with Gasteiger partial charge in [0.25, 0.3) is 0 Å². The normalized spacial score (nSPS) is 12.3. The fraction of sp³-hybridized carbons (Fsp3) is 0.333. The lowest BCUT2D eigenvalue weighted by molar-refractivity contribution is 0.0690. The summed E-state index contributed by atoms with van der Waals surface area (Å²) in [5, 5.41) is 10.0. The number of carbonyl (C=O) groups is 1. The Morgan fingerprint density at radius 1 is 1.40 bits per heavy atom. The van der Waals surface area contributed by atoms with E-state index in [4.69, 9.17) is 9.47 Å². The van der Waals surface area contributed by atoms with Crippen molar-refractivity contribution in [2.75, 3.05) is 13.7 Å². The molecule has 0 saturated heterocycles. The van der Waals surface area contributed by atoms with E-state index in [1.54, 1.807) is 25.3 Å². The number of aromatic nitrogens is 1. The molecule has 0 amide bonds. The monoisotopic (exact) mass is 275 g/mol. The highest BCUT2D eigenvalue weighted by atomic mass is 16.5. The van der Waals surface area contributed by atoms with E-state index < -0.39 is 5.97 Å². The summed E-state index contributed by atoms with van der Waals surface area (Å²) in [6, 6.07) is 7.12. The van der Waals surface area contributed by atoms with Crippen LogP contribution in [0.4, 0.5) is 0 Å². The summed E-state index contributed by atoms with van der Waals surface area (Å²) >= 11 is 0. The molecule has 5 nitrogen and oxygen atoms in total. The Balaban J connectivity index is 2.37. The van der Waals surface area contributed by atoms with Crippen LogP contribution in [0.1, 0.15) is 23.7 Å². The summed E-state index contributed by atoms with van der Waals surface area (Å²) in [7, 11) is 1.62. The van der Waals surface area contributed by atoms with Gasteiger partial charge in [-0.2, -0.15) is 0 Å². The highest BCUT2D eigenvalue weighted by Gasteiger charge is 2.18. The molecule has 1 N–H and O–H groups in total. The minimum absolute atomic E-state index is 0.143. The quantitative estimate of drug-likeness (QED) is 0.877. The van der Waals surface area contributed by atoms with Crippen molar-refractivity contribution in [3.05, 3.63) is 36.0 Å². The third kappa shape index (κ3) is 3.05. The number of benzene rings is 1. The smallest absolute Gasteiger partial charge is 0.340 e. The number of rotatable bonds is 6. The molecule has 0 radical (unpaired) electrons. The van der Waals surface area contributed by atoms with E-state index in [2.05, 4.69) is 4.98 Å². The molecule has 1 aromatic carbocycles. The average Bonchev–Trinajstić information content (AvgIpc) is 2.44. The predicted octanol–water partition coefficient (Wildman–Crippen LogP) is 2.74. The van der Waals surface area contributed by atoms with Gasteiger partial charge in [0.1, 0.15) is 5.56 Å². The van der Waals surface area contributed by atoms with Gasteiger partial charge in [0.2, 0.25) is 0 Å². The number of ether oxygens (including phenoxy) is 2. The second kappa shape index (κ2) is 6.34. The molecule has 2 rings (SSSR count). The molecule has 0 aliphatic rings. The second-order valence-corrected chi connectivity index (χ2v) is 4.53. The maximum atomic E-state index is 11.5. The zero-order valence-electron chi connectivity index (χ0n) is 11.5. The Morgan fingerprint density at radius 3 is 2.85 bits per heavy atom. The Kier molecular flexibility index (Phi) is 4.53. The number of nitrogens with zero attached hydrogens (tertiary/aromatic N) is 1. The van der Waals surface area contributed by atoms with Gasteiger partial charge in [-0.1, -0.05) is 18.2 Å². The van der Waals surface area contributed by atoms with Gasteiger partial charge in [-0.15, -0.1) is 0 Å². The molecule has 1 heterocycles. The summed E-state index contributed by atoms with van der Waals surface area (Å²) < 4.78 is 10.7. The van der Waals surface area contributed by atoms with Crippen molar-refractivity contribution in [1.82, 2.24) is 4.98 Å². The van der Waals surface area contributed by atoms with E-state index in [-0.39, 0.29) is 11.7 Å². The lowest BCUT2D eigenvalue weighted by atomic mass is 10.1. The second-order valence-electron chi connectivity index (χ2n) is 4.53. The van der Waals surface area contributed by atoms with Crippen LogP contribution >= 0.6 is 0 Å². The van der Waals surface area contributed by atoms with Gasteiger partial charge in [0.05, 0.1) is 17.8 Å². The van der Waals surface area contributed by atoms with Crippen LogP contribution in [0.3, 0.4) is 0 Å². The molecule has 0 saturated carbocycles. The summed E-state index contributed by atoms with van der Waals surface area (Å²) in [6.07, 6.45) is 2.01. The summed E-state index contributed by atoms with van der Waals surface area (Å²) in [4.78, 5) is 15.7. The van der Waals surface area contributed by atoms with Gasteiger partial charge in [0.15, 0.2) is 5.75 Å². The predicted molar refractivity (Wildman–Crippen MR) is 75.3 cm³/mol. The minimum atomic E-state index is -1.02. The van der Waals surface area contributed by atoms with Gasteiger partial charge >= 0.3 is 5.97 Å². The molecular formula is C15H17NO4. The number of methoxy groups -OCH3 is 1. The first-order valence-corrected chi connectivity index (χ1v) is 6.40. The van der Waals surface area contributed by atoms with Gasteiger partial charge in [-0.05, 0) is 13.0 Å². The van der Waals surface area contributed by atoms with Gasteiger partial charge in [-0.25, -0.2) is 4.79 Å². The number of fused-ring (bicyclic) bond motifs is 1. The minimum Gasteiger partial charge on any atom is -0.488 e. The van der Waals surface area contributed by atoms with Gasteiger partial charge < -0.3 is 14.6 Å². The van der Waals surface area contributed by atoms with Crippen molar-refractivity contribution in [3.8, 4) is 5.75 Å². The molecule has 1 atom stereocenters. The maximum absolute atomic E-state index is 11.5. The number of hydrogen-bond acceptors (Lipinski definition) is 4. The van der Waals surface area contributed by atoms with Crippen LogP contribution in [0, 0.1) is 0 Å². The first-order chi connectivity index (χ1) is 9.63. The number of carboxylic acid groups (broad SMARTS) is 1. The number of carboxylic acids is 1. The Labute approximate surface area is 117 Å². The summed E-state index contributed by atoms with van der Waals surface area (Å²) in [5.41, 5.74) is 0.793. The standard InChI is InChI=1S/C15H17NO4/c1-10(7-8-19-2)20-13-9-16-12-6-4-3-5-11(12)14(13)15(17)18/h3-6,9-10H,7-8H2,1-2H3,(H,17,18). The van der Waals surface area contributed by atoms with Crippen molar-refractivity contribution >= 4 is 16.9 Å². The van der Waals surface area contributed by atoms with E-state index >= 15 is 0 Å². The van der Waals surface area contributed by atoms with Crippen molar-refractivity contribution in [2.24, 2.45) is 0 Å². The molecule has 0 bridgehead atoms. The SMILES string of the molecule is COCCC(C)Oc1cnc2ccccc2c1C(=O)O. The largest absolute Gasteiger partial charge is 0.488 e. The molecular weight excluding hydrogens is 258 g/mol. The van der Waals surface area contributed by atoms with E-state index in [0.717, 1.165) is 0 Å². The highest BCUT2D eigenvalue weighted by molar-refractivity contribution is 6.04. The maximum Gasteiger partial charge on any atom is 0.340 e. The first-order valence-electron chi connectivity index (χ1n) is 6.40. The van der Waals surface area contributed by atoms with Crippen LogP contribution in [-0.4, -0.2) is 35.9 Å². The van der Waals surface area contributed by atoms with Crippen LogP contribution in [-0.2, 0) is 4.74 Å². The third-order valence-corrected chi connectivity index (χ3v) is 3.01. The Bertz CT molecular complexity index is 612. The van der Waals surface area contributed by atoms with Gasteiger partial charge in [-0.3, -0.25) is 4.98 Å². The zero-order chi connectivity index (χ0) is 14.5. The molecule has 0 aliphatic carbocycles. The Morgan fingerprint density at radius 2 is 2.15 bits per heavy atom. The molecule has 0 fully saturated rings. The average molecular weight is 275 g/mol. The topological polar surface area (TPSA) is 68.7 Å². The fourth-order valence-electron chi connectivity index (χ4n) is 1.99. The van der Waals surface area contributed by atoms with Crippen molar-refractivity contribution < 1.29 is 19.4 Å². The van der Waals surface area contributed by atoms with Gasteiger partial charge in [0, 0.05) is 25.5 Å². The summed E-state index contributed by atoms with van der Waals surface area (Å²) in [6.45, 7) is 2.43. The van der Waals surface area contributed by atoms with Crippen LogP contribution in [0.2, 0.25) is 0 Å². The van der Waals surface area contributed by atoms with Crippen LogP contribution < -0.4 is 4.74 Å². The lowest BCUT2D eigenvalue weighted by Crippen LogP contribution is -2.16. The number of para-hydroxylation sites is 1. The molecule has 20 heavy (non-hydrogen) atoms. The highest BCUT2D eigenvalue weighted by Crippen LogP contribution is 2.27. The van der Waals surface area contributed by atoms with E-state index in [1.165, 1.54) is 6.20 Å². The van der Waals surface area contributed by atoms with Crippen LogP contribution in [0.25, 0.3) is 10.9 Å². The number of pyridine rings is 1.